The molecule has 1 unspecified atom stereocenters. The van der Waals surface area contributed by atoms with Crippen LogP contribution in [0.1, 0.15) is 10.4 Å². The van der Waals surface area contributed by atoms with E-state index in [9.17, 15) is 4.79 Å². The number of anilines is 2. The van der Waals surface area contributed by atoms with Gasteiger partial charge >= 0.3 is 5.97 Å². The van der Waals surface area contributed by atoms with Crippen molar-refractivity contribution in [1.29, 1.82) is 0 Å². The molecule has 1 aromatic rings. The summed E-state index contributed by atoms with van der Waals surface area (Å²) in [5.41, 5.74) is 6.28. The molecule has 4 N–H and O–H groups in total. The fraction of sp³-hybridized carbons (Fsp3) is 0.538. The van der Waals surface area contributed by atoms with Gasteiger partial charge in [0.1, 0.15) is 5.82 Å². The average Bonchev–Trinajstić information content (AvgIpc) is 2.40. The van der Waals surface area contributed by atoms with E-state index in [1.807, 2.05) is 0 Å². The molecule has 0 saturated carbocycles. The molecule has 0 spiro atoms. The molecule has 1 aliphatic heterocycles. The molecule has 7 heteroatoms. The first-order valence-electron chi connectivity index (χ1n) is 6.59. The Morgan fingerprint density at radius 1 is 1.55 bits per heavy atom. The molecule has 0 amide bonds. The van der Waals surface area contributed by atoms with Gasteiger partial charge in [-0.2, -0.15) is 0 Å². The van der Waals surface area contributed by atoms with Gasteiger partial charge in [0.15, 0.2) is 0 Å². The smallest absolute Gasteiger partial charge is 0.337 e. The second-order valence-corrected chi connectivity index (χ2v) is 5.24. The zero-order chi connectivity index (χ0) is 14.7. The third-order valence-corrected chi connectivity index (χ3v) is 3.65. The first-order chi connectivity index (χ1) is 9.47. The molecule has 0 bridgehead atoms. The van der Waals surface area contributed by atoms with Gasteiger partial charge in [0.05, 0.1) is 11.3 Å². The van der Waals surface area contributed by atoms with Crippen LogP contribution in [0.5, 0.6) is 0 Å². The van der Waals surface area contributed by atoms with Crippen LogP contribution in [-0.2, 0) is 0 Å². The Morgan fingerprint density at radius 3 is 2.95 bits per heavy atom. The van der Waals surface area contributed by atoms with Crippen LogP contribution >= 0.6 is 0 Å². The number of aromatic nitrogens is 1. The van der Waals surface area contributed by atoms with E-state index in [0.717, 1.165) is 26.2 Å². The van der Waals surface area contributed by atoms with E-state index in [1.165, 1.54) is 12.3 Å². The molecule has 1 atom stereocenters. The fourth-order valence-electron chi connectivity index (χ4n) is 2.28. The van der Waals surface area contributed by atoms with Crippen LogP contribution in [0.4, 0.5) is 11.5 Å². The molecule has 1 aromatic heterocycles. The Bertz CT molecular complexity index is 494. The Balaban J connectivity index is 1.98. The van der Waals surface area contributed by atoms with Crippen LogP contribution in [0.3, 0.4) is 0 Å². The van der Waals surface area contributed by atoms with Crippen LogP contribution < -0.4 is 11.1 Å². The molecule has 1 saturated heterocycles. The Kier molecular flexibility index (Phi) is 4.41. The highest BCUT2D eigenvalue weighted by Crippen LogP contribution is 2.17. The summed E-state index contributed by atoms with van der Waals surface area (Å²) in [6, 6.07) is 1.81. The summed E-state index contributed by atoms with van der Waals surface area (Å²) in [5.74, 6) is -0.485. The minimum Gasteiger partial charge on any atom is -0.478 e. The van der Waals surface area contributed by atoms with Gasteiger partial charge in [0, 0.05) is 38.4 Å². The third kappa shape index (κ3) is 3.37. The van der Waals surface area contributed by atoms with Crippen LogP contribution in [0.2, 0.25) is 0 Å². The molecular weight excluding hydrogens is 258 g/mol. The lowest BCUT2D eigenvalue weighted by molar-refractivity contribution is 0.0696. The number of nitrogens with zero attached hydrogens (tertiary/aromatic N) is 3. The Morgan fingerprint density at radius 2 is 2.30 bits per heavy atom. The monoisotopic (exact) mass is 279 g/mol. The maximum absolute atomic E-state index is 10.8. The topological polar surface area (TPSA) is 94.7 Å². The van der Waals surface area contributed by atoms with Crippen molar-refractivity contribution in [2.75, 3.05) is 51.3 Å². The largest absolute Gasteiger partial charge is 0.478 e. The van der Waals surface area contributed by atoms with Crippen molar-refractivity contribution in [3.05, 3.63) is 17.8 Å². The minimum atomic E-state index is -1.02. The number of hydrogen-bond donors (Lipinski definition) is 3. The number of likely N-dealkylation sites (N-methyl/N-ethyl adjacent to an activating group) is 2. The van der Waals surface area contributed by atoms with Gasteiger partial charge in [-0.25, -0.2) is 9.78 Å². The molecule has 7 nitrogen and oxygen atoms in total. The normalized spacial score (nSPS) is 20.8. The highest BCUT2D eigenvalue weighted by Gasteiger charge is 2.22. The molecule has 1 fully saturated rings. The predicted octanol–water partition coefficient (Wildman–Crippen LogP) is 0.0197. The second kappa shape index (κ2) is 6.06. The van der Waals surface area contributed by atoms with E-state index in [1.54, 1.807) is 0 Å². The SMILES string of the molecule is CN1CCN(C)C(CNc2ncc(C(=O)O)cc2N)C1. The van der Waals surface area contributed by atoms with Crippen LogP contribution in [0, 0.1) is 0 Å². The van der Waals surface area contributed by atoms with E-state index >= 15 is 0 Å². The van der Waals surface area contributed by atoms with Crippen LogP contribution in [0.25, 0.3) is 0 Å². The minimum absolute atomic E-state index is 0.0996. The van der Waals surface area contributed by atoms with Crippen LogP contribution in [0.15, 0.2) is 12.3 Å². The Hall–Kier alpha value is -1.86. The van der Waals surface area contributed by atoms with E-state index < -0.39 is 5.97 Å². The van der Waals surface area contributed by atoms with Crippen molar-refractivity contribution in [3.8, 4) is 0 Å². The third-order valence-electron chi connectivity index (χ3n) is 3.65. The molecule has 0 aliphatic carbocycles. The van der Waals surface area contributed by atoms with Crippen molar-refractivity contribution >= 4 is 17.5 Å². The Labute approximate surface area is 118 Å². The lowest BCUT2D eigenvalue weighted by atomic mass is 10.2. The number of nitrogens with one attached hydrogen (secondary N) is 1. The highest BCUT2D eigenvalue weighted by atomic mass is 16.4. The highest BCUT2D eigenvalue weighted by molar-refractivity contribution is 5.89. The summed E-state index contributed by atoms with van der Waals surface area (Å²) in [6.45, 7) is 3.81. The second-order valence-electron chi connectivity index (χ2n) is 5.24. The fourth-order valence-corrected chi connectivity index (χ4v) is 2.28. The molecule has 1 aliphatic rings. The molecular formula is C13H21N5O2. The summed E-state index contributed by atoms with van der Waals surface area (Å²) < 4.78 is 0. The summed E-state index contributed by atoms with van der Waals surface area (Å²) in [5, 5.41) is 12.1. The van der Waals surface area contributed by atoms with Gasteiger partial charge in [-0.15, -0.1) is 0 Å². The van der Waals surface area contributed by atoms with E-state index in [2.05, 4.69) is 34.2 Å². The van der Waals surface area contributed by atoms with Crippen LogP contribution in [-0.4, -0.2) is 72.2 Å². The zero-order valence-corrected chi connectivity index (χ0v) is 11.8. The molecule has 0 radical (unpaired) electrons. The molecule has 0 aromatic carbocycles. The van der Waals surface area contributed by atoms with Crippen molar-refractivity contribution in [2.24, 2.45) is 0 Å². The molecule has 2 rings (SSSR count). The van der Waals surface area contributed by atoms with Gasteiger partial charge in [-0.1, -0.05) is 0 Å². The number of carboxylic acid groups (broad SMARTS) is 1. The predicted molar refractivity (Wildman–Crippen MR) is 78.0 cm³/mol. The number of carboxylic acids is 1. The van der Waals surface area contributed by atoms with Crippen molar-refractivity contribution in [1.82, 2.24) is 14.8 Å². The number of rotatable bonds is 4. The van der Waals surface area contributed by atoms with Gasteiger partial charge in [0.2, 0.25) is 0 Å². The number of nitrogens with two attached hydrogens (primary N) is 1. The van der Waals surface area contributed by atoms with E-state index in [4.69, 9.17) is 10.8 Å². The van der Waals surface area contributed by atoms with E-state index in [0.29, 0.717) is 17.5 Å². The molecule has 20 heavy (non-hydrogen) atoms. The van der Waals surface area contributed by atoms with E-state index in [-0.39, 0.29) is 5.56 Å². The standard InChI is InChI=1S/C13H21N5O2/c1-17-3-4-18(2)10(8-17)7-16-12-11(14)5-9(6-15-12)13(19)20/h5-6,10H,3-4,7-8,14H2,1-2H3,(H,15,16)(H,19,20). The lowest BCUT2D eigenvalue weighted by Gasteiger charge is -2.37. The first-order valence-corrected chi connectivity index (χ1v) is 6.59. The number of aromatic carboxylic acids is 1. The number of carbonyl (C=O) groups is 1. The molecule has 110 valence electrons. The lowest BCUT2D eigenvalue weighted by Crippen LogP contribution is -2.52. The zero-order valence-electron chi connectivity index (χ0n) is 11.8. The number of piperazine rings is 1. The average molecular weight is 279 g/mol. The van der Waals surface area contributed by atoms with Gasteiger partial charge < -0.3 is 21.1 Å². The summed E-state index contributed by atoms with van der Waals surface area (Å²) >= 11 is 0. The number of hydrogen-bond acceptors (Lipinski definition) is 6. The summed E-state index contributed by atoms with van der Waals surface area (Å²) in [7, 11) is 4.21. The summed E-state index contributed by atoms with van der Waals surface area (Å²) in [4.78, 5) is 19.5. The first kappa shape index (κ1) is 14.5. The quantitative estimate of drug-likeness (QED) is 0.715. The summed E-state index contributed by atoms with van der Waals surface area (Å²) in [6.07, 6.45) is 1.32. The molecule has 2 heterocycles. The van der Waals surface area contributed by atoms with Crippen molar-refractivity contribution in [2.45, 2.75) is 6.04 Å². The van der Waals surface area contributed by atoms with Gasteiger partial charge in [-0.3, -0.25) is 4.90 Å². The number of nitrogen functional groups attached to an aromatic ring is 1. The van der Waals surface area contributed by atoms with Crippen molar-refractivity contribution < 1.29 is 9.90 Å². The van der Waals surface area contributed by atoms with Gasteiger partial charge in [-0.05, 0) is 20.2 Å². The number of pyridine rings is 1. The van der Waals surface area contributed by atoms with Crippen molar-refractivity contribution in [3.63, 3.8) is 0 Å². The van der Waals surface area contributed by atoms with Gasteiger partial charge in [0.25, 0.3) is 0 Å². The maximum atomic E-state index is 10.8. The maximum Gasteiger partial charge on any atom is 0.337 e.